The molecule has 2 nitrogen and oxygen atoms in total. The van der Waals surface area contributed by atoms with Crippen LogP contribution in [0.25, 0.3) is 0 Å². The third-order valence-corrected chi connectivity index (χ3v) is 3.65. The molecule has 0 unspecified atom stereocenters. The van der Waals surface area contributed by atoms with Gasteiger partial charge in [0.05, 0.1) is 0 Å². The lowest BCUT2D eigenvalue weighted by Gasteiger charge is -2.28. The van der Waals surface area contributed by atoms with Gasteiger partial charge >= 0.3 is 0 Å². The third-order valence-electron chi connectivity index (χ3n) is 3.65. The van der Waals surface area contributed by atoms with E-state index in [9.17, 15) is 0 Å². The molecule has 1 aromatic rings. The van der Waals surface area contributed by atoms with Crippen molar-refractivity contribution in [1.29, 1.82) is 0 Å². The highest BCUT2D eigenvalue weighted by molar-refractivity contribution is 5.52. The highest BCUT2D eigenvalue weighted by Gasteiger charge is 2.09. The van der Waals surface area contributed by atoms with Gasteiger partial charge in [-0.3, -0.25) is 4.90 Å². The van der Waals surface area contributed by atoms with Gasteiger partial charge in [-0.2, -0.15) is 0 Å². The van der Waals surface area contributed by atoms with Gasteiger partial charge in [0.1, 0.15) is 0 Å². The number of nitrogens with one attached hydrogen (secondary N) is 1. The minimum absolute atomic E-state index is 0.690. The van der Waals surface area contributed by atoms with Crippen LogP contribution in [0.5, 0.6) is 0 Å². The molecule has 0 aliphatic carbocycles. The summed E-state index contributed by atoms with van der Waals surface area (Å²) >= 11 is 0. The Morgan fingerprint density at radius 1 is 1.11 bits per heavy atom. The smallest absolute Gasteiger partial charge is 0.0372 e. The largest absolute Gasteiger partial charge is 0.385 e. The molecule has 1 aliphatic rings. The van der Waals surface area contributed by atoms with Gasteiger partial charge in [0, 0.05) is 24.3 Å². The summed E-state index contributed by atoms with van der Waals surface area (Å²) in [5, 5.41) is 3.36. The molecular formula is C17H30N2. The van der Waals surface area contributed by atoms with Crippen LogP contribution in [0.1, 0.15) is 46.6 Å². The predicted molar refractivity (Wildman–Crippen MR) is 85.9 cm³/mol. The van der Waals surface area contributed by atoms with E-state index in [0.717, 1.165) is 13.1 Å². The van der Waals surface area contributed by atoms with Crippen LogP contribution in [0.2, 0.25) is 0 Å². The Labute approximate surface area is 119 Å². The highest BCUT2D eigenvalue weighted by Crippen LogP contribution is 2.20. The van der Waals surface area contributed by atoms with E-state index < -0.39 is 0 Å². The van der Waals surface area contributed by atoms with Gasteiger partial charge in [-0.1, -0.05) is 25.1 Å². The lowest BCUT2D eigenvalue weighted by atomic mass is 10.0. The van der Waals surface area contributed by atoms with E-state index in [1.807, 2.05) is 0 Å². The average Bonchev–Trinajstić information content (AvgIpc) is 2.39. The van der Waals surface area contributed by atoms with Gasteiger partial charge in [0.25, 0.3) is 0 Å². The van der Waals surface area contributed by atoms with Crippen molar-refractivity contribution in [2.24, 2.45) is 0 Å². The van der Waals surface area contributed by atoms with E-state index >= 15 is 0 Å². The molecule has 0 bridgehead atoms. The maximum absolute atomic E-state index is 3.36. The van der Waals surface area contributed by atoms with Crippen LogP contribution in [0.3, 0.4) is 0 Å². The van der Waals surface area contributed by atoms with E-state index in [1.165, 1.54) is 24.1 Å². The normalized spacial score (nSPS) is 13.9. The van der Waals surface area contributed by atoms with Crippen LogP contribution in [-0.2, 0) is 6.42 Å². The molecule has 0 saturated carbocycles. The second-order valence-electron chi connectivity index (χ2n) is 5.71. The van der Waals surface area contributed by atoms with Crippen LogP contribution in [-0.4, -0.2) is 30.1 Å². The number of hydrogen-bond donors (Lipinski definition) is 1. The number of nitrogens with zero attached hydrogens (tertiary/aromatic N) is 1. The van der Waals surface area contributed by atoms with Gasteiger partial charge in [-0.05, 0) is 58.7 Å². The average molecular weight is 262 g/mol. The third kappa shape index (κ3) is 5.23. The summed E-state index contributed by atoms with van der Waals surface area (Å²) in [5.41, 5.74) is 2.79. The van der Waals surface area contributed by atoms with Gasteiger partial charge < -0.3 is 5.32 Å². The first-order valence-electron chi connectivity index (χ1n) is 7.63. The van der Waals surface area contributed by atoms with Crippen LogP contribution in [0.15, 0.2) is 24.3 Å². The van der Waals surface area contributed by atoms with Crippen LogP contribution in [0, 0.1) is 0 Å². The summed E-state index contributed by atoms with van der Waals surface area (Å²) in [4.78, 5) is 2.46. The molecule has 0 fully saturated rings. The maximum atomic E-state index is 3.36. The van der Waals surface area contributed by atoms with E-state index in [0.29, 0.717) is 12.1 Å². The van der Waals surface area contributed by atoms with Gasteiger partial charge in [0.2, 0.25) is 0 Å². The first-order valence-corrected chi connectivity index (χ1v) is 7.63. The zero-order valence-corrected chi connectivity index (χ0v) is 13.2. The highest BCUT2D eigenvalue weighted by atomic mass is 15.2. The lowest BCUT2D eigenvalue weighted by molar-refractivity contribution is 0.185. The number of aryl methyl sites for hydroxylation is 1. The van der Waals surface area contributed by atoms with Crippen molar-refractivity contribution in [2.45, 2.75) is 59.5 Å². The molecule has 0 spiro atoms. The van der Waals surface area contributed by atoms with Crippen LogP contribution in [0.4, 0.5) is 5.69 Å². The number of para-hydroxylation sites is 1. The number of fused-ring (bicyclic) bond motifs is 1. The fourth-order valence-electron chi connectivity index (χ4n) is 2.74. The molecule has 2 rings (SSSR count). The Morgan fingerprint density at radius 3 is 2.21 bits per heavy atom. The number of anilines is 1. The monoisotopic (exact) mass is 262 g/mol. The summed E-state index contributed by atoms with van der Waals surface area (Å²) in [6.07, 6.45) is 2.51. The van der Waals surface area contributed by atoms with Crippen molar-refractivity contribution in [2.75, 3.05) is 18.4 Å². The number of hydrogen-bond acceptors (Lipinski definition) is 2. The van der Waals surface area contributed by atoms with Crippen molar-refractivity contribution < 1.29 is 0 Å². The van der Waals surface area contributed by atoms with Crippen molar-refractivity contribution in [3.05, 3.63) is 29.8 Å². The van der Waals surface area contributed by atoms with Crippen LogP contribution < -0.4 is 5.32 Å². The molecule has 108 valence electrons. The molecule has 1 N–H and O–H groups in total. The van der Waals surface area contributed by atoms with Crippen LogP contribution >= 0.6 is 0 Å². The van der Waals surface area contributed by atoms with Crippen molar-refractivity contribution in [1.82, 2.24) is 4.90 Å². The topological polar surface area (TPSA) is 15.3 Å². The number of benzene rings is 1. The zero-order valence-electron chi connectivity index (χ0n) is 13.2. The molecule has 1 aromatic carbocycles. The summed E-state index contributed by atoms with van der Waals surface area (Å²) in [7, 11) is 0. The van der Waals surface area contributed by atoms with Crippen molar-refractivity contribution in [3.8, 4) is 0 Å². The molecular weight excluding hydrogens is 232 g/mol. The Bertz CT molecular complexity index is 325. The molecule has 19 heavy (non-hydrogen) atoms. The fourth-order valence-corrected chi connectivity index (χ4v) is 2.74. The molecule has 0 aromatic heterocycles. The lowest BCUT2D eigenvalue weighted by Crippen LogP contribution is -2.36. The summed E-state index contributed by atoms with van der Waals surface area (Å²) in [6, 6.07) is 9.91. The quantitative estimate of drug-likeness (QED) is 0.879. The number of rotatable bonds is 3. The maximum Gasteiger partial charge on any atom is 0.0372 e. The second-order valence-corrected chi connectivity index (χ2v) is 5.71. The van der Waals surface area contributed by atoms with E-state index in [-0.39, 0.29) is 0 Å². The predicted octanol–water partition coefficient (Wildman–Crippen LogP) is 4.17. The summed E-state index contributed by atoms with van der Waals surface area (Å²) < 4.78 is 0. The Morgan fingerprint density at radius 2 is 1.74 bits per heavy atom. The first kappa shape index (κ1) is 16.0. The fraction of sp³-hybridized carbons (Fsp3) is 0.647. The first-order chi connectivity index (χ1) is 9.06. The molecule has 1 aliphatic heterocycles. The Balaban J connectivity index is 0.000000192. The Hall–Kier alpha value is -1.02. The minimum Gasteiger partial charge on any atom is -0.385 e. The van der Waals surface area contributed by atoms with Crippen molar-refractivity contribution >= 4 is 5.69 Å². The summed E-state index contributed by atoms with van der Waals surface area (Å²) in [6.45, 7) is 13.5. The summed E-state index contributed by atoms with van der Waals surface area (Å²) in [5.74, 6) is 0. The van der Waals surface area contributed by atoms with E-state index in [1.54, 1.807) is 0 Å². The molecule has 1 heterocycles. The van der Waals surface area contributed by atoms with Gasteiger partial charge in [0.15, 0.2) is 0 Å². The Kier molecular flexibility index (Phi) is 6.93. The van der Waals surface area contributed by atoms with E-state index in [2.05, 4.69) is 69.1 Å². The molecule has 0 amide bonds. The second kappa shape index (κ2) is 8.21. The van der Waals surface area contributed by atoms with Gasteiger partial charge in [-0.25, -0.2) is 0 Å². The molecule has 2 heteroatoms. The standard InChI is InChI=1S/C9H11N.C8H19N/c1-2-6-9-8(4-1)5-3-7-10-9;1-6-9(7(2)3)8(4)5/h1-2,4,6,10H,3,5,7H2;7-8H,6H2,1-5H3. The minimum atomic E-state index is 0.690. The molecule has 0 atom stereocenters. The molecule has 0 saturated heterocycles. The zero-order chi connectivity index (χ0) is 14.3. The molecule has 0 radical (unpaired) electrons. The van der Waals surface area contributed by atoms with Gasteiger partial charge in [-0.15, -0.1) is 0 Å². The van der Waals surface area contributed by atoms with Crippen molar-refractivity contribution in [3.63, 3.8) is 0 Å². The SMILES string of the molecule is CCN(C(C)C)C(C)C.c1ccc2c(c1)CCCN2. The van der Waals surface area contributed by atoms with E-state index in [4.69, 9.17) is 0 Å².